The van der Waals surface area contributed by atoms with E-state index in [0.29, 0.717) is 0 Å². The van der Waals surface area contributed by atoms with Gasteiger partial charge in [-0.1, -0.05) is 6.92 Å². The highest BCUT2D eigenvalue weighted by molar-refractivity contribution is 7.98. The smallest absolute Gasteiger partial charge is 0.122 e. The van der Waals surface area contributed by atoms with Crippen molar-refractivity contribution in [3.63, 3.8) is 0 Å². The second-order valence-electron chi connectivity index (χ2n) is 4.01. The fraction of sp³-hybridized carbons (Fsp3) is 0.538. The molecule has 1 rings (SSSR count). The van der Waals surface area contributed by atoms with Crippen LogP contribution in [0.2, 0.25) is 0 Å². The lowest BCUT2D eigenvalue weighted by Crippen LogP contribution is -2.18. The largest absolute Gasteiger partial charge is 0.496 e. The molecule has 1 atom stereocenters. The van der Waals surface area contributed by atoms with E-state index in [1.165, 1.54) is 16.0 Å². The monoisotopic (exact) mass is 239 g/mol. The summed E-state index contributed by atoms with van der Waals surface area (Å²) in [5.41, 5.74) is 8.40. The third kappa shape index (κ3) is 3.16. The van der Waals surface area contributed by atoms with Crippen LogP contribution in [0, 0.1) is 0 Å². The van der Waals surface area contributed by atoms with Crippen LogP contribution in [0.15, 0.2) is 17.0 Å². The van der Waals surface area contributed by atoms with Gasteiger partial charge in [0.25, 0.3) is 0 Å². The van der Waals surface area contributed by atoms with Gasteiger partial charge in [0.1, 0.15) is 5.75 Å². The summed E-state index contributed by atoms with van der Waals surface area (Å²) in [6, 6.07) is 4.52. The fourth-order valence-corrected chi connectivity index (χ4v) is 2.53. The summed E-state index contributed by atoms with van der Waals surface area (Å²) in [6.07, 6.45) is 4.00. The maximum absolute atomic E-state index is 5.85. The Balaban J connectivity index is 3.15. The van der Waals surface area contributed by atoms with Crippen molar-refractivity contribution in [3.05, 3.63) is 23.3 Å². The Labute approximate surface area is 103 Å². The van der Waals surface area contributed by atoms with E-state index in [1.807, 2.05) is 6.92 Å². The molecule has 2 N–H and O–H groups in total. The molecule has 3 heteroatoms. The molecule has 16 heavy (non-hydrogen) atoms. The fourth-order valence-electron chi connectivity index (χ4n) is 1.81. The summed E-state index contributed by atoms with van der Waals surface area (Å²) in [6.45, 7) is 4.19. The van der Waals surface area contributed by atoms with Crippen LogP contribution in [0.1, 0.15) is 25.0 Å². The van der Waals surface area contributed by atoms with Gasteiger partial charge < -0.3 is 10.5 Å². The number of aryl methyl sites for hydroxylation is 1. The quantitative estimate of drug-likeness (QED) is 0.802. The van der Waals surface area contributed by atoms with Crippen molar-refractivity contribution in [2.24, 2.45) is 5.73 Å². The van der Waals surface area contributed by atoms with Gasteiger partial charge in [-0.3, -0.25) is 0 Å². The summed E-state index contributed by atoms with van der Waals surface area (Å²) in [7, 11) is 1.72. The number of nitrogens with two attached hydrogens (primary N) is 1. The van der Waals surface area contributed by atoms with Crippen LogP contribution >= 0.6 is 11.8 Å². The molecule has 0 unspecified atom stereocenters. The van der Waals surface area contributed by atoms with E-state index in [9.17, 15) is 0 Å². The Morgan fingerprint density at radius 2 is 2.06 bits per heavy atom. The molecule has 0 amide bonds. The van der Waals surface area contributed by atoms with E-state index in [1.54, 1.807) is 18.9 Å². The van der Waals surface area contributed by atoms with Crippen LogP contribution in [0.3, 0.4) is 0 Å². The molecule has 90 valence electrons. The minimum Gasteiger partial charge on any atom is -0.496 e. The van der Waals surface area contributed by atoms with Gasteiger partial charge >= 0.3 is 0 Å². The molecule has 0 spiro atoms. The van der Waals surface area contributed by atoms with E-state index >= 15 is 0 Å². The van der Waals surface area contributed by atoms with Gasteiger partial charge in [0.05, 0.1) is 7.11 Å². The molecular formula is C13H21NOS. The van der Waals surface area contributed by atoms with E-state index in [4.69, 9.17) is 10.5 Å². The molecule has 0 saturated heterocycles. The Morgan fingerprint density at radius 3 is 2.50 bits per heavy atom. The predicted octanol–water partition coefficient (Wildman–Crippen LogP) is 2.87. The van der Waals surface area contributed by atoms with E-state index in [2.05, 4.69) is 25.3 Å². The van der Waals surface area contributed by atoms with Gasteiger partial charge in [0, 0.05) is 10.9 Å². The average molecular weight is 239 g/mol. The van der Waals surface area contributed by atoms with Crippen LogP contribution in [-0.2, 0) is 12.8 Å². The van der Waals surface area contributed by atoms with Crippen molar-refractivity contribution < 1.29 is 4.74 Å². The number of thioether (sulfide) groups is 1. The van der Waals surface area contributed by atoms with Crippen LogP contribution in [0.5, 0.6) is 5.75 Å². The second-order valence-corrected chi connectivity index (χ2v) is 4.86. The van der Waals surface area contributed by atoms with Gasteiger partial charge in [-0.15, -0.1) is 11.8 Å². The predicted molar refractivity (Wildman–Crippen MR) is 71.5 cm³/mol. The minimum atomic E-state index is 0.163. The Morgan fingerprint density at radius 1 is 1.38 bits per heavy atom. The molecule has 0 fully saturated rings. The van der Waals surface area contributed by atoms with Crippen molar-refractivity contribution in [2.45, 2.75) is 37.6 Å². The van der Waals surface area contributed by atoms with Crippen molar-refractivity contribution in [3.8, 4) is 5.75 Å². The lowest BCUT2D eigenvalue weighted by molar-refractivity contribution is 0.407. The standard InChI is InChI=1S/C13H21NOS/c1-5-10-7-12(15-3)11(6-9(2)14)8-13(10)16-4/h7-9H,5-6,14H2,1-4H3/t9-/m1/s1. The van der Waals surface area contributed by atoms with Gasteiger partial charge in [-0.2, -0.15) is 0 Å². The lowest BCUT2D eigenvalue weighted by Gasteiger charge is -2.15. The summed E-state index contributed by atoms with van der Waals surface area (Å²) in [5, 5.41) is 0. The number of rotatable bonds is 5. The van der Waals surface area contributed by atoms with Gasteiger partial charge in [-0.05, 0) is 49.3 Å². The molecule has 0 aliphatic carbocycles. The average Bonchev–Trinajstić information content (AvgIpc) is 2.27. The van der Waals surface area contributed by atoms with Gasteiger partial charge in [-0.25, -0.2) is 0 Å². The zero-order valence-corrected chi connectivity index (χ0v) is 11.4. The Bertz CT molecular complexity index is 350. The van der Waals surface area contributed by atoms with Crippen LogP contribution in [0.25, 0.3) is 0 Å². The molecule has 0 heterocycles. The first-order chi connectivity index (χ1) is 7.62. The first-order valence-electron chi connectivity index (χ1n) is 5.61. The molecule has 0 radical (unpaired) electrons. The topological polar surface area (TPSA) is 35.2 Å². The first-order valence-corrected chi connectivity index (χ1v) is 6.84. The first kappa shape index (κ1) is 13.4. The highest BCUT2D eigenvalue weighted by atomic mass is 32.2. The number of ether oxygens (including phenoxy) is 1. The summed E-state index contributed by atoms with van der Waals surface area (Å²) >= 11 is 1.78. The van der Waals surface area contributed by atoms with Crippen LogP contribution < -0.4 is 10.5 Å². The normalized spacial score (nSPS) is 12.6. The number of hydrogen-bond donors (Lipinski definition) is 1. The van der Waals surface area contributed by atoms with E-state index in [0.717, 1.165) is 18.6 Å². The SMILES string of the molecule is CCc1cc(OC)c(C[C@@H](C)N)cc1SC. The number of methoxy groups -OCH3 is 1. The highest BCUT2D eigenvalue weighted by Crippen LogP contribution is 2.30. The maximum Gasteiger partial charge on any atom is 0.122 e. The third-order valence-electron chi connectivity index (χ3n) is 2.61. The summed E-state index contributed by atoms with van der Waals surface area (Å²) < 4.78 is 5.42. The number of hydrogen-bond acceptors (Lipinski definition) is 3. The molecule has 0 saturated carbocycles. The lowest BCUT2D eigenvalue weighted by atomic mass is 10.0. The summed E-state index contributed by atoms with van der Waals surface area (Å²) in [4.78, 5) is 1.33. The minimum absolute atomic E-state index is 0.163. The molecule has 0 aliphatic heterocycles. The van der Waals surface area contributed by atoms with Crippen molar-refractivity contribution in [1.29, 1.82) is 0 Å². The Hall–Kier alpha value is -0.670. The van der Waals surface area contributed by atoms with Gasteiger partial charge in [0.2, 0.25) is 0 Å². The maximum atomic E-state index is 5.85. The third-order valence-corrected chi connectivity index (χ3v) is 3.43. The van der Waals surface area contributed by atoms with E-state index < -0.39 is 0 Å². The summed E-state index contributed by atoms with van der Waals surface area (Å²) in [5.74, 6) is 0.965. The van der Waals surface area contributed by atoms with Crippen molar-refractivity contribution in [1.82, 2.24) is 0 Å². The zero-order chi connectivity index (χ0) is 12.1. The molecule has 0 bridgehead atoms. The molecule has 0 aliphatic rings. The van der Waals surface area contributed by atoms with Crippen molar-refractivity contribution >= 4 is 11.8 Å². The molecular weight excluding hydrogens is 218 g/mol. The molecule has 1 aromatic rings. The second kappa shape index (κ2) is 6.16. The van der Waals surface area contributed by atoms with Crippen LogP contribution in [-0.4, -0.2) is 19.4 Å². The van der Waals surface area contributed by atoms with Crippen LogP contribution in [0.4, 0.5) is 0 Å². The molecule has 2 nitrogen and oxygen atoms in total. The Kier molecular flexibility index (Phi) is 5.16. The molecule has 1 aromatic carbocycles. The van der Waals surface area contributed by atoms with Crippen molar-refractivity contribution in [2.75, 3.05) is 13.4 Å². The molecule has 0 aromatic heterocycles. The van der Waals surface area contributed by atoms with E-state index in [-0.39, 0.29) is 6.04 Å². The highest BCUT2D eigenvalue weighted by Gasteiger charge is 2.10. The zero-order valence-electron chi connectivity index (χ0n) is 10.5. The van der Waals surface area contributed by atoms with Gasteiger partial charge in [0.15, 0.2) is 0 Å². The number of benzene rings is 1.